The molecule has 2 saturated carbocycles. The van der Waals surface area contributed by atoms with Crippen LogP contribution < -0.4 is 5.32 Å². The predicted octanol–water partition coefficient (Wildman–Crippen LogP) is 3.08. The summed E-state index contributed by atoms with van der Waals surface area (Å²) in [5.41, 5.74) is 0.496. The minimum Gasteiger partial charge on any atom is -0.353 e. The Kier molecular flexibility index (Phi) is 4.14. The molecule has 0 aliphatic heterocycles. The van der Waals surface area contributed by atoms with Crippen LogP contribution in [0.15, 0.2) is 24.3 Å². The zero-order valence-corrected chi connectivity index (χ0v) is 12.8. The quantitative estimate of drug-likeness (QED) is 0.671. The van der Waals surface area contributed by atoms with Crippen molar-refractivity contribution in [1.29, 1.82) is 0 Å². The summed E-state index contributed by atoms with van der Waals surface area (Å²) in [6, 6.07) is 6.61. The van der Waals surface area contributed by atoms with Gasteiger partial charge in [-0.05, 0) is 43.9 Å². The SMILES string of the molecule is C[C@H](NC(=O)Cc1ccccc1[N+](=O)[O-])[C@H]1C[C@H]2CC[C@H]1C2. The number of nitro benzene ring substituents is 1. The van der Waals surface area contributed by atoms with Crippen LogP contribution in [-0.2, 0) is 11.2 Å². The minimum atomic E-state index is -0.429. The number of para-hydroxylation sites is 1. The smallest absolute Gasteiger partial charge is 0.273 e. The van der Waals surface area contributed by atoms with Crippen molar-refractivity contribution in [2.45, 2.75) is 45.1 Å². The summed E-state index contributed by atoms with van der Waals surface area (Å²) in [6.45, 7) is 2.07. The molecule has 2 bridgehead atoms. The van der Waals surface area contributed by atoms with Gasteiger partial charge in [0.25, 0.3) is 5.69 Å². The molecule has 3 rings (SSSR count). The second-order valence-electron chi connectivity index (χ2n) is 6.76. The Morgan fingerprint density at radius 3 is 2.77 bits per heavy atom. The Morgan fingerprint density at radius 2 is 2.14 bits per heavy atom. The van der Waals surface area contributed by atoms with Crippen molar-refractivity contribution >= 4 is 11.6 Å². The average molecular weight is 302 g/mol. The molecule has 0 aromatic heterocycles. The minimum absolute atomic E-state index is 0.0187. The number of carbonyl (C=O) groups is 1. The van der Waals surface area contributed by atoms with Crippen molar-refractivity contribution in [2.75, 3.05) is 0 Å². The van der Waals surface area contributed by atoms with E-state index in [2.05, 4.69) is 12.2 Å². The number of hydrogen-bond acceptors (Lipinski definition) is 3. The Balaban J connectivity index is 1.60. The van der Waals surface area contributed by atoms with Crippen LogP contribution in [0.2, 0.25) is 0 Å². The Labute approximate surface area is 130 Å². The second kappa shape index (κ2) is 6.07. The maximum absolute atomic E-state index is 12.2. The lowest BCUT2D eigenvalue weighted by molar-refractivity contribution is -0.385. The summed E-state index contributed by atoms with van der Waals surface area (Å²) in [5.74, 6) is 2.06. The summed E-state index contributed by atoms with van der Waals surface area (Å²) in [7, 11) is 0. The van der Waals surface area contributed by atoms with Gasteiger partial charge in [0.05, 0.1) is 11.3 Å². The molecule has 5 heteroatoms. The monoisotopic (exact) mass is 302 g/mol. The van der Waals surface area contributed by atoms with Gasteiger partial charge < -0.3 is 5.32 Å². The van der Waals surface area contributed by atoms with Gasteiger partial charge in [0, 0.05) is 17.7 Å². The molecule has 118 valence electrons. The van der Waals surface area contributed by atoms with Crippen molar-refractivity contribution < 1.29 is 9.72 Å². The van der Waals surface area contributed by atoms with E-state index < -0.39 is 4.92 Å². The van der Waals surface area contributed by atoms with E-state index in [0.29, 0.717) is 11.5 Å². The number of nitro groups is 1. The van der Waals surface area contributed by atoms with Crippen LogP contribution in [0.25, 0.3) is 0 Å². The highest BCUT2D eigenvalue weighted by atomic mass is 16.6. The molecule has 1 aromatic carbocycles. The third-order valence-electron chi connectivity index (χ3n) is 5.36. The highest BCUT2D eigenvalue weighted by molar-refractivity contribution is 5.80. The number of rotatable bonds is 5. The normalized spacial score (nSPS) is 27.6. The zero-order valence-electron chi connectivity index (χ0n) is 12.8. The van der Waals surface area contributed by atoms with Crippen molar-refractivity contribution in [3.63, 3.8) is 0 Å². The summed E-state index contributed by atoms with van der Waals surface area (Å²) in [5, 5.41) is 14.1. The number of fused-ring (bicyclic) bond motifs is 2. The van der Waals surface area contributed by atoms with Gasteiger partial charge in [0.15, 0.2) is 0 Å². The molecule has 1 N–H and O–H groups in total. The Hall–Kier alpha value is -1.91. The molecule has 2 aliphatic rings. The van der Waals surface area contributed by atoms with Gasteiger partial charge >= 0.3 is 0 Å². The number of benzene rings is 1. The first-order valence-corrected chi connectivity index (χ1v) is 8.06. The van der Waals surface area contributed by atoms with Gasteiger partial charge in [-0.3, -0.25) is 14.9 Å². The maximum Gasteiger partial charge on any atom is 0.273 e. The first-order valence-electron chi connectivity index (χ1n) is 8.06. The van der Waals surface area contributed by atoms with E-state index in [-0.39, 0.29) is 24.1 Å². The molecule has 5 nitrogen and oxygen atoms in total. The molecule has 0 unspecified atom stereocenters. The van der Waals surface area contributed by atoms with Crippen LogP contribution in [0, 0.1) is 27.9 Å². The van der Waals surface area contributed by atoms with Gasteiger partial charge in [0.2, 0.25) is 5.91 Å². The zero-order chi connectivity index (χ0) is 15.7. The van der Waals surface area contributed by atoms with Crippen LogP contribution in [0.3, 0.4) is 0 Å². The first kappa shape index (κ1) is 15.0. The summed E-state index contributed by atoms with van der Waals surface area (Å²) in [4.78, 5) is 22.8. The van der Waals surface area contributed by atoms with E-state index in [4.69, 9.17) is 0 Å². The van der Waals surface area contributed by atoms with Gasteiger partial charge in [-0.1, -0.05) is 24.6 Å². The van der Waals surface area contributed by atoms with Gasteiger partial charge in [-0.25, -0.2) is 0 Å². The molecule has 1 amide bonds. The molecule has 1 aromatic rings. The van der Waals surface area contributed by atoms with Crippen molar-refractivity contribution in [2.24, 2.45) is 17.8 Å². The molecule has 0 saturated heterocycles. The van der Waals surface area contributed by atoms with Crippen molar-refractivity contribution in [3.8, 4) is 0 Å². The molecule has 0 heterocycles. The molecular weight excluding hydrogens is 280 g/mol. The third-order valence-corrected chi connectivity index (χ3v) is 5.36. The molecule has 0 spiro atoms. The fourth-order valence-corrected chi connectivity index (χ4v) is 4.33. The van der Waals surface area contributed by atoms with Crippen LogP contribution in [-0.4, -0.2) is 16.9 Å². The maximum atomic E-state index is 12.2. The lowest BCUT2D eigenvalue weighted by atomic mass is 9.84. The fourth-order valence-electron chi connectivity index (χ4n) is 4.33. The second-order valence-corrected chi connectivity index (χ2v) is 6.76. The van der Waals surface area contributed by atoms with Crippen LogP contribution in [0.1, 0.15) is 38.2 Å². The third kappa shape index (κ3) is 2.98. The van der Waals surface area contributed by atoms with E-state index >= 15 is 0 Å². The number of nitrogens with zero attached hydrogens (tertiary/aromatic N) is 1. The molecule has 0 radical (unpaired) electrons. The fraction of sp³-hybridized carbons (Fsp3) is 0.588. The van der Waals surface area contributed by atoms with Gasteiger partial charge in [-0.2, -0.15) is 0 Å². The number of hydrogen-bond donors (Lipinski definition) is 1. The number of nitrogens with one attached hydrogen (secondary N) is 1. The Morgan fingerprint density at radius 1 is 1.36 bits per heavy atom. The standard InChI is InChI=1S/C17H22N2O3/c1-11(15-9-12-6-7-13(15)8-12)18-17(20)10-14-4-2-3-5-16(14)19(21)22/h2-5,11-13,15H,6-10H2,1H3,(H,18,20)/t11-,12-,13-,15+/m0/s1. The molecule has 22 heavy (non-hydrogen) atoms. The Bertz CT molecular complexity index is 587. The topological polar surface area (TPSA) is 72.2 Å². The molecule has 2 fully saturated rings. The van der Waals surface area contributed by atoms with E-state index in [1.807, 2.05) is 0 Å². The molecular formula is C17H22N2O3. The van der Waals surface area contributed by atoms with Crippen LogP contribution in [0.5, 0.6) is 0 Å². The lowest BCUT2D eigenvalue weighted by Gasteiger charge is -2.28. The molecule has 4 atom stereocenters. The predicted molar refractivity (Wildman–Crippen MR) is 83.3 cm³/mol. The van der Waals surface area contributed by atoms with Crippen molar-refractivity contribution in [3.05, 3.63) is 39.9 Å². The van der Waals surface area contributed by atoms with Gasteiger partial charge in [-0.15, -0.1) is 0 Å². The summed E-state index contributed by atoms with van der Waals surface area (Å²) < 4.78 is 0. The van der Waals surface area contributed by atoms with E-state index in [1.165, 1.54) is 31.7 Å². The number of carbonyl (C=O) groups excluding carboxylic acids is 1. The van der Waals surface area contributed by atoms with Crippen LogP contribution in [0.4, 0.5) is 5.69 Å². The van der Waals surface area contributed by atoms with E-state index in [1.54, 1.807) is 18.2 Å². The summed E-state index contributed by atoms with van der Waals surface area (Å²) >= 11 is 0. The van der Waals surface area contributed by atoms with Gasteiger partial charge in [0.1, 0.15) is 0 Å². The lowest BCUT2D eigenvalue weighted by Crippen LogP contribution is -2.40. The summed E-state index contributed by atoms with van der Waals surface area (Å²) in [6.07, 6.45) is 5.24. The molecule has 2 aliphatic carbocycles. The average Bonchev–Trinajstić information content (AvgIpc) is 3.10. The largest absolute Gasteiger partial charge is 0.353 e. The highest BCUT2D eigenvalue weighted by Gasteiger charge is 2.42. The van der Waals surface area contributed by atoms with Crippen molar-refractivity contribution in [1.82, 2.24) is 5.32 Å². The van der Waals surface area contributed by atoms with E-state index in [9.17, 15) is 14.9 Å². The van der Waals surface area contributed by atoms with E-state index in [0.717, 1.165) is 11.8 Å². The number of amides is 1. The van der Waals surface area contributed by atoms with Crippen LogP contribution >= 0.6 is 0 Å². The highest BCUT2D eigenvalue weighted by Crippen LogP contribution is 2.49. The first-order chi connectivity index (χ1) is 10.5.